The minimum Gasteiger partial charge on any atom is -0.337 e. The van der Waals surface area contributed by atoms with E-state index in [1.807, 2.05) is 12.5 Å². The van der Waals surface area contributed by atoms with E-state index in [-0.39, 0.29) is 0 Å². The molecule has 0 amide bonds. The van der Waals surface area contributed by atoms with E-state index in [1.165, 1.54) is 57.9 Å². The van der Waals surface area contributed by atoms with Crippen molar-refractivity contribution in [1.82, 2.24) is 14.9 Å². The highest BCUT2D eigenvalue weighted by atomic mass is 15.0. The predicted molar refractivity (Wildman–Crippen MR) is 77.9 cm³/mol. The summed E-state index contributed by atoms with van der Waals surface area (Å²) in [7, 11) is 0. The zero-order valence-corrected chi connectivity index (χ0v) is 11.9. The van der Waals surface area contributed by atoms with Crippen molar-refractivity contribution in [2.75, 3.05) is 6.54 Å². The van der Waals surface area contributed by atoms with Gasteiger partial charge >= 0.3 is 0 Å². The summed E-state index contributed by atoms with van der Waals surface area (Å²) < 4.78 is 2.17. The van der Waals surface area contributed by atoms with Gasteiger partial charge in [-0.1, -0.05) is 12.8 Å². The Hall–Kier alpha value is -0.830. The van der Waals surface area contributed by atoms with E-state index < -0.39 is 0 Å². The van der Waals surface area contributed by atoms with Gasteiger partial charge in [0.25, 0.3) is 0 Å². The van der Waals surface area contributed by atoms with Gasteiger partial charge in [0.15, 0.2) is 0 Å². The molecule has 0 spiro atoms. The number of nitrogens with one attached hydrogen (secondary N) is 1. The van der Waals surface area contributed by atoms with Crippen LogP contribution in [0.3, 0.4) is 0 Å². The largest absolute Gasteiger partial charge is 0.337 e. The van der Waals surface area contributed by atoms with Gasteiger partial charge in [0.1, 0.15) is 0 Å². The summed E-state index contributed by atoms with van der Waals surface area (Å²) in [6.45, 7) is 2.30. The molecule has 2 aliphatic rings. The zero-order chi connectivity index (χ0) is 12.9. The van der Waals surface area contributed by atoms with Crippen LogP contribution in [0.1, 0.15) is 51.4 Å². The Balaban J connectivity index is 1.27. The Kier molecular flexibility index (Phi) is 4.54. The van der Waals surface area contributed by atoms with E-state index in [0.29, 0.717) is 0 Å². The molecule has 1 aromatic heterocycles. The summed E-state index contributed by atoms with van der Waals surface area (Å²) in [6.07, 6.45) is 17.2. The SMILES string of the molecule is c1cn(CCCCNC2CCCC(C3CC3)C2)cn1. The molecule has 106 valence electrons. The maximum atomic E-state index is 4.07. The fourth-order valence-electron chi connectivity index (χ4n) is 3.55. The summed E-state index contributed by atoms with van der Waals surface area (Å²) in [4.78, 5) is 4.07. The molecule has 2 aliphatic carbocycles. The van der Waals surface area contributed by atoms with Crippen LogP contribution in [-0.4, -0.2) is 22.1 Å². The maximum Gasteiger partial charge on any atom is 0.0945 e. The molecule has 2 unspecified atom stereocenters. The van der Waals surface area contributed by atoms with Crippen LogP contribution < -0.4 is 5.32 Å². The summed E-state index contributed by atoms with van der Waals surface area (Å²) in [5.74, 6) is 2.16. The van der Waals surface area contributed by atoms with Crippen LogP contribution in [-0.2, 0) is 6.54 Å². The fourth-order valence-corrected chi connectivity index (χ4v) is 3.55. The highest BCUT2D eigenvalue weighted by Crippen LogP contribution is 2.43. The second kappa shape index (κ2) is 6.56. The third kappa shape index (κ3) is 4.07. The van der Waals surface area contributed by atoms with E-state index in [4.69, 9.17) is 0 Å². The van der Waals surface area contributed by atoms with Crippen molar-refractivity contribution in [3.63, 3.8) is 0 Å². The maximum absolute atomic E-state index is 4.07. The first-order chi connectivity index (χ1) is 9.42. The van der Waals surface area contributed by atoms with Crippen molar-refractivity contribution >= 4 is 0 Å². The van der Waals surface area contributed by atoms with Crippen LogP contribution in [0.2, 0.25) is 0 Å². The van der Waals surface area contributed by atoms with Gasteiger partial charge in [-0.2, -0.15) is 0 Å². The third-order valence-electron chi connectivity index (χ3n) is 4.84. The lowest BCUT2D eigenvalue weighted by Crippen LogP contribution is -2.35. The van der Waals surface area contributed by atoms with Gasteiger partial charge in [0, 0.05) is 25.0 Å². The summed E-state index contributed by atoms with van der Waals surface area (Å²) in [5, 5.41) is 3.79. The molecule has 2 saturated carbocycles. The average molecular weight is 261 g/mol. The average Bonchev–Trinajstić information content (AvgIpc) is 3.17. The zero-order valence-electron chi connectivity index (χ0n) is 11.9. The Morgan fingerprint density at radius 3 is 2.84 bits per heavy atom. The first-order valence-electron chi connectivity index (χ1n) is 8.11. The number of nitrogens with zero attached hydrogens (tertiary/aromatic N) is 2. The molecule has 19 heavy (non-hydrogen) atoms. The predicted octanol–water partition coefficient (Wildman–Crippen LogP) is 3.22. The van der Waals surface area contributed by atoms with Crippen LogP contribution in [0.25, 0.3) is 0 Å². The molecule has 0 aromatic carbocycles. The third-order valence-corrected chi connectivity index (χ3v) is 4.84. The van der Waals surface area contributed by atoms with Crippen molar-refractivity contribution < 1.29 is 0 Å². The Morgan fingerprint density at radius 1 is 1.11 bits per heavy atom. The summed E-state index contributed by atoms with van der Waals surface area (Å²) >= 11 is 0. The van der Waals surface area contributed by atoms with E-state index in [9.17, 15) is 0 Å². The van der Waals surface area contributed by atoms with Gasteiger partial charge in [-0.15, -0.1) is 0 Å². The van der Waals surface area contributed by atoms with Gasteiger partial charge in [-0.05, 0) is 56.9 Å². The highest BCUT2D eigenvalue weighted by molar-refractivity contribution is 4.87. The topological polar surface area (TPSA) is 29.9 Å². The second-order valence-electron chi connectivity index (χ2n) is 6.42. The molecule has 3 heteroatoms. The minimum atomic E-state index is 0.813. The van der Waals surface area contributed by atoms with Crippen LogP contribution in [0.4, 0.5) is 0 Å². The number of imidazole rings is 1. The van der Waals surface area contributed by atoms with Crippen LogP contribution in [0, 0.1) is 11.8 Å². The highest BCUT2D eigenvalue weighted by Gasteiger charge is 2.34. The van der Waals surface area contributed by atoms with E-state index in [1.54, 1.807) is 0 Å². The molecule has 2 fully saturated rings. The fraction of sp³-hybridized carbons (Fsp3) is 0.812. The Morgan fingerprint density at radius 2 is 2.05 bits per heavy atom. The normalized spacial score (nSPS) is 27.6. The molecule has 3 nitrogen and oxygen atoms in total. The number of hydrogen-bond donors (Lipinski definition) is 1. The molecule has 1 N–H and O–H groups in total. The van der Waals surface area contributed by atoms with Crippen molar-refractivity contribution in [3.05, 3.63) is 18.7 Å². The smallest absolute Gasteiger partial charge is 0.0945 e. The van der Waals surface area contributed by atoms with E-state index in [2.05, 4.69) is 21.1 Å². The van der Waals surface area contributed by atoms with Crippen molar-refractivity contribution in [2.45, 2.75) is 64.0 Å². The Bertz CT molecular complexity index is 356. The number of rotatable bonds is 7. The lowest BCUT2D eigenvalue weighted by molar-refractivity contribution is 0.260. The summed E-state index contributed by atoms with van der Waals surface area (Å²) in [6, 6.07) is 0.813. The second-order valence-corrected chi connectivity index (χ2v) is 6.42. The van der Waals surface area contributed by atoms with Gasteiger partial charge in [-0.3, -0.25) is 0 Å². The number of aromatic nitrogens is 2. The van der Waals surface area contributed by atoms with Gasteiger partial charge in [-0.25, -0.2) is 4.98 Å². The lowest BCUT2D eigenvalue weighted by atomic mass is 9.82. The standard InChI is InChI=1S/C16H27N3/c1(2-10-19-11-9-17-13-19)8-18-16-5-3-4-15(12-16)14-6-7-14/h9,11,13-16,18H,1-8,10,12H2. The molecular weight excluding hydrogens is 234 g/mol. The van der Waals surface area contributed by atoms with Gasteiger partial charge in [0.2, 0.25) is 0 Å². The molecule has 3 rings (SSSR count). The molecule has 0 aliphatic heterocycles. The summed E-state index contributed by atoms with van der Waals surface area (Å²) in [5.41, 5.74) is 0. The van der Waals surface area contributed by atoms with Gasteiger partial charge < -0.3 is 9.88 Å². The van der Waals surface area contributed by atoms with Crippen molar-refractivity contribution in [2.24, 2.45) is 11.8 Å². The first kappa shape index (κ1) is 13.2. The molecule has 0 bridgehead atoms. The molecule has 1 aromatic rings. The van der Waals surface area contributed by atoms with Crippen molar-refractivity contribution in [3.8, 4) is 0 Å². The molecule has 2 atom stereocenters. The molecule has 0 saturated heterocycles. The van der Waals surface area contributed by atoms with E-state index >= 15 is 0 Å². The number of unbranched alkanes of at least 4 members (excludes halogenated alkanes) is 1. The quantitative estimate of drug-likeness (QED) is 0.764. The molecular formula is C16H27N3. The van der Waals surface area contributed by atoms with E-state index in [0.717, 1.165) is 24.4 Å². The van der Waals surface area contributed by atoms with Crippen LogP contribution in [0.15, 0.2) is 18.7 Å². The van der Waals surface area contributed by atoms with Crippen LogP contribution in [0.5, 0.6) is 0 Å². The number of hydrogen-bond acceptors (Lipinski definition) is 2. The number of aryl methyl sites for hydroxylation is 1. The van der Waals surface area contributed by atoms with Gasteiger partial charge in [0.05, 0.1) is 6.33 Å². The monoisotopic (exact) mass is 261 g/mol. The lowest BCUT2D eigenvalue weighted by Gasteiger charge is -2.30. The Labute approximate surface area is 116 Å². The minimum absolute atomic E-state index is 0.813. The molecule has 0 radical (unpaired) electrons. The van der Waals surface area contributed by atoms with Crippen LogP contribution >= 0.6 is 0 Å². The first-order valence-corrected chi connectivity index (χ1v) is 8.11. The van der Waals surface area contributed by atoms with Crippen molar-refractivity contribution in [1.29, 1.82) is 0 Å². The molecule has 1 heterocycles.